The van der Waals surface area contributed by atoms with Crippen molar-refractivity contribution >= 4 is 17.8 Å². The van der Waals surface area contributed by atoms with Gasteiger partial charge < -0.3 is 20.3 Å². The highest BCUT2D eigenvalue weighted by Crippen LogP contribution is 2.06. The summed E-state index contributed by atoms with van der Waals surface area (Å²) >= 11 is 0. The molecule has 0 aliphatic carbocycles. The van der Waals surface area contributed by atoms with Gasteiger partial charge in [-0.05, 0) is 18.6 Å². The molecule has 0 aromatic carbocycles. The summed E-state index contributed by atoms with van der Waals surface area (Å²) in [6, 6.07) is 3.14. The third kappa shape index (κ3) is 3.34. The van der Waals surface area contributed by atoms with Gasteiger partial charge in [-0.2, -0.15) is 0 Å². The first-order valence-electron chi connectivity index (χ1n) is 6.01. The zero-order valence-corrected chi connectivity index (χ0v) is 10.3. The summed E-state index contributed by atoms with van der Waals surface area (Å²) in [7, 11) is 0. The number of carbonyl (C=O) groups excluding carboxylic acids is 2. The molecule has 1 atom stereocenters. The molecule has 2 amide bonds. The molecule has 1 aromatic rings. The van der Waals surface area contributed by atoms with Gasteiger partial charge in [0.2, 0.25) is 5.91 Å². The Bertz CT molecular complexity index is 509. The number of aliphatic carboxylic acids is 1. The van der Waals surface area contributed by atoms with Crippen LogP contribution in [0.3, 0.4) is 0 Å². The van der Waals surface area contributed by atoms with Gasteiger partial charge in [-0.15, -0.1) is 0 Å². The number of hydrogen-bond donors (Lipinski definition) is 3. The summed E-state index contributed by atoms with van der Waals surface area (Å²) in [5.41, 5.74) is 0.298. The molecular weight excluding hydrogens is 250 g/mol. The number of aromatic nitrogens is 1. The van der Waals surface area contributed by atoms with Crippen LogP contribution in [0.5, 0.6) is 0 Å². The van der Waals surface area contributed by atoms with E-state index >= 15 is 0 Å². The van der Waals surface area contributed by atoms with Crippen LogP contribution in [0.4, 0.5) is 0 Å². The number of carboxylic acid groups (broad SMARTS) is 1. The lowest BCUT2D eigenvalue weighted by molar-refractivity contribution is -0.137. The topological polar surface area (TPSA) is 100 Å². The van der Waals surface area contributed by atoms with Gasteiger partial charge in [0.25, 0.3) is 5.91 Å². The molecule has 1 saturated heterocycles. The summed E-state index contributed by atoms with van der Waals surface area (Å²) in [6.45, 7) is 0.0960. The third-order valence-electron chi connectivity index (χ3n) is 2.96. The van der Waals surface area contributed by atoms with Crippen LogP contribution in [-0.2, 0) is 16.1 Å². The average Bonchev–Trinajstić information content (AvgIpc) is 2.94. The fourth-order valence-electron chi connectivity index (χ4n) is 2.04. The minimum absolute atomic E-state index is 0.00602. The molecule has 7 heteroatoms. The number of carbonyl (C=O) groups is 3. The molecule has 1 aromatic heterocycles. The third-order valence-corrected chi connectivity index (χ3v) is 2.96. The second-order valence-electron chi connectivity index (χ2n) is 4.43. The first-order chi connectivity index (χ1) is 9.06. The smallest absolute Gasteiger partial charge is 0.323 e. The van der Waals surface area contributed by atoms with Crippen LogP contribution in [0.15, 0.2) is 18.3 Å². The maximum atomic E-state index is 11.9. The Kier molecular flexibility index (Phi) is 3.84. The van der Waals surface area contributed by atoms with Crippen LogP contribution >= 0.6 is 0 Å². The number of nitrogens with zero attached hydrogens (tertiary/aromatic N) is 1. The van der Waals surface area contributed by atoms with E-state index in [-0.39, 0.29) is 24.4 Å². The van der Waals surface area contributed by atoms with Crippen molar-refractivity contribution in [1.82, 2.24) is 15.2 Å². The summed E-state index contributed by atoms with van der Waals surface area (Å²) in [6.07, 6.45) is 2.73. The zero-order chi connectivity index (χ0) is 13.8. The Balaban J connectivity index is 1.91. The highest BCUT2D eigenvalue weighted by Gasteiger charge is 2.21. The molecule has 1 aliphatic rings. The van der Waals surface area contributed by atoms with Crippen molar-refractivity contribution in [2.24, 2.45) is 0 Å². The Labute approximate surface area is 109 Å². The lowest BCUT2D eigenvalue weighted by atomic mass is 10.2. The van der Waals surface area contributed by atoms with Crippen molar-refractivity contribution in [3.8, 4) is 0 Å². The van der Waals surface area contributed by atoms with Crippen molar-refractivity contribution in [1.29, 1.82) is 0 Å². The Morgan fingerprint density at radius 3 is 2.95 bits per heavy atom. The van der Waals surface area contributed by atoms with E-state index in [1.807, 2.05) is 0 Å². The summed E-state index contributed by atoms with van der Waals surface area (Å²) < 4.78 is 1.37. The first kappa shape index (κ1) is 13.1. The minimum Gasteiger partial charge on any atom is -0.480 e. The second kappa shape index (κ2) is 5.55. The molecule has 0 spiro atoms. The monoisotopic (exact) mass is 265 g/mol. The number of rotatable bonds is 5. The predicted molar refractivity (Wildman–Crippen MR) is 65.6 cm³/mol. The first-order valence-corrected chi connectivity index (χ1v) is 6.01. The van der Waals surface area contributed by atoms with Crippen molar-refractivity contribution in [3.05, 3.63) is 24.0 Å². The normalized spacial score (nSPS) is 18.1. The highest BCUT2D eigenvalue weighted by atomic mass is 16.4. The average molecular weight is 265 g/mol. The molecule has 7 nitrogen and oxygen atoms in total. The number of hydrogen-bond acceptors (Lipinski definition) is 3. The maximum Gasteiger partial charge on any atom is 0.323 e. The van der Waals surface area contributed by atoms with E-state index in [4.69, 9.17) is 5.11 Å². The van der Waals surface area contributed by atoms with Crippen molar-refractivity contribution in [3.63, 3.8) is 0 Å². The van der Waals surface area contributed by atoms with Crippen LogP contribution < -0.4 is 10.6 Å². The molecule has 0 saturated carbocycles. The number of nitrogens with one attached hydrogen (secondary N) is 2. The molecule has 102 valence electrons. The summed E-state index contributed by atoms with van der Waals surface area (Å²) in [4.78, 5) is 33.6. The molecule has 2 heterocycles. The SMILES string of the molecule is O=C(O)Cn1cccc1C(=O)NCC1CCC(=O)N1. The van der Waals surface area contributed by atoms with Crippen molar-refractivity contribution < 1.29 is 19.5 Å². The maximum absolute atomic E-state index is 11.9. The van der Waals surface area contributed by atoms with Crippen LogP contribution in [0, 0.1) is 0 Å². The van der Waals surface area contributed by atoms with E-state index in [9.17, 15) is 14.4 Å². The van der Waals surface area contributed by atoms with E-state index in [1.54, 1.807) is 18.3 Å². The Morgan fingerprint density at radius 2 is 2.32 bits per heavy atom. The highest BCUT2D eigenvalue weighted by molar-refractivity contribution is 5.93. The molecule has 1 fully saturated rings. The molecule has 19 heavy (non-hydrogen) atoms. The van der Waals surface area contributed by atoms with Gasteiger partial charge in [0.15, 0.2) is 0 Å². The lowest BCUT2D eigenvalue weighted by Gasteiger charge is -2.12. The van der Waals surface area contributed by atoms with Crippen LogP contribution in [0.1, 0.15) is 23.3 Å². The molecule has 1 unspecified atom stereocenters. The number of carboxylic acids is 1. The fourth-order valence-corrected chi connectivity index (χ4v) is 2.04. The van der Waals surface area contributed by atoms with Crippen molar-refractivity contribution in [2.75, 3.05) is 6.54 Å². The molecule has 3 N–H and O–H groups in total. The Hall–Kier alpha value is -2.31. The molecule has 1 aliphatic heterocycles. The lowest BCUT2D eigenvalue weighted by Crippen LogP contribution is -2.39. The quantitative estimate of drug-likeness (QED) is 0.673. The summed E-state index contributed by atoms with van der Waals surface area (Å²) in [5, 5.41) is 14.2. The largest absolute Gasteiger partial charge is 0.480 e. The van der Waals surface area contributed by atoms with Gasteiger partial charge in [0.05, 0.1) is 0 Å². The van der Waals surface area contributed by atoms with Gasteiger partial charge in [0.1, 0.15) is 12.2 Å². The van der Waals surface area contributed by atoms with Crippen LogP contribution in [-0.4, -0.2) is 40.0 Å². The second-order valence-corrected chi connectivity index (χ2v) is 4.43. The minimum atomic E-state index is -1.01. The van der Waals surface area contributed by atoms with Gasteiger partial charge >= 0.3 is 5.97 Å². The molecular formula is C12H15N3O4. The molecule has 0 bridgehead atoms. The summed E-state index contributed by atoms with van der Waals surface area (Å²) in [5.74, 6) is -1.35. The molecule has 0 radical (unpaired) electrons. The van der Waals surface area contributed by atoms with Gasteiger partial charge in [-0.3, -0.25) is 14.4 Å². The predicted octanol–water partition coefficient (Wildman–Crippen LogP) is -0.419. The Morgan fingerprint density at radius 1 is 1.53 bits per heavy atom. The fraction of sp³-hybridized carbons (Fsp3) is 0.417. The van der Waals surface area contributed by atoms with Gasteiger partial charge in [-0.25, -0.2) is 0 Å². The van der Waals surface area contributed by atoms with E-state index in [1.165, 1.54) is 4.57 Å². The molecule has 2 rings (SSSR count). The van der Waals surface area contributed by atoms with Crippen molar-refractivity contribution in [2.45, 2.75) is 25.4 Å². The van der Waals surface area contributed by atoms with Gasteiger partial charge in [-0.1, -0.05) is 0 Å². The zero-order valence-electron chi connectivity index (χ0n) is 10.3. The van der Waals surface area contributed by atoms with E-state index < -0.39 is 5.97 Å². The van der Waals surface area contributed by atoms with Crippen LogP contribution in [0.2, 0.25) is 0 Å². The van der Waals surface area contributed by atoms with Gasteiger partial charge in [0, 0.05) is 25.2 Å². The van der Waals surface area contributed by atoms with E-state index in [2.05, 4.69) is 10.6 Å². The van der Waals surface area contributed by atoms with E-state index in [0.717, 1.165) is 0 Å². The standard InChI is InChI=1S/C12H15N3O4/c16-10-4-3-8(14-10)6-13-12(19)9-2-1-5-15(9)7-11(17)18/h1-2,5,8H,3-4,6-7H2,(H,13,19)(H,14,16)(H,17,18). The van der Waals surface area contributed by atoms with Crippen LogP contribution in [0.25, 0.3) is 0 Å². The number of amides is 2. The van der Waals surface area contributed by atoms with E-state index in [0.29, 0.717) is 25.1 Å².